The van der Waals surface area contributed by atoms with Crippen molar-refractivity contribution in [3.63, 3.8) is 0 Å². The first-order chi connectivity index (χ1) is 10.9. The summed E-state index contributed by atoms with van der Waals surface area (Å²) in [5.41, 5.74) is 0.589. The molecular formula is C15H14ClF2N3O2. The van der Waals surface area contributed by atoms with Gasteiger partial charge in [0.25, 0.3) is 0 Å². The number of aromatic nitrogens is 1. The molecule has 23 heavy (non-hydrogen) atoms. The predicted molar refractivity (Wildman–Crippen MR) is 82.3 cm³/mol. The molecule has 0 fully saturated rings. The molecule has 122 valence electrons. The lowest BCUT2D eigenvalue weighted by Gasteiger charge is -2.14. The van der Waals surface area contributed by atoms with Gasteiger partial charge in [-0.3, -0.25) is 0 Å². The lowest BCUT2D eigenvalue weighted by atomic mass is 10.1. The Labute approximate surface area is 136 Å². The van der Waals surface area contributed by atoms with Gasteiger partial charge < -0.3 is 15.7 Å². The first-order valence-electron chi connectivity index (χ1n) is 6.67. The topological polar surface area (TPSA) is 74.2 Å². The second-order valence-electron chi connectivity index (χ2n) is 4.82. The summed E-state index contributed by atoms with van der Waals surface area (Å²) in [6, 6.07) is 4.22. The second kappa shape index (κ2) is 7.34. The van der Waals surface area contributed by atoms with E-state index in [-0.39, 0.29) is 6.54 Å². The summed E-state index contributed by atoms with van der Waals surface area (Å²) in [6.45, 7) is 1.37. The van der Waals surface area contributed by atoms with E-state index >= 15 is 0 Å². The third-order valence-corrected chi connectivity index (χ3v) is 3.46. The summed E-state index contributed by atoms with van der Waals surface area (Å²) < 4.78 is 27.0. The summed E-state index contributed by atoms with van der Waals surface area (Å²) in [5, 5.41) is 14.9. The van der Waals surface area contributed by atoms with Gasteiger partial charge in [-0.05, 0) is 30.7 Å². The zero-order valence-electron chi connectivity index (χ0n) is 12.1. The molecule has 8 heteroatoms. The quantitative estimate of drug-likeness (QED) is 0.748. The van der Waals surface area contributed by atoms with Crippen molar-refractivity contribution in [1.82, 2.24) is 10.3 Å². The van der Waals surface area contributed by atoms with Crippen molar-refractivity contribution in [3.05, 3.63) is 58.4 Å². The SMILES string of the molecule is Cc1cc(NC(=O)NCC(O)c2c(F)cccc2F)cnc1Cl. The second-order valence-corrected chi connectivity index (χ2v) is 5.18. The zero-order chi connectivity index (χ0) is 17.0. The van der Waals surface area contributed by atoms with Crippen LogP contribution in [0.4, 0.5) is 19.3 Å². The monoisotopic (exact) mass is 341 g/mol. The predicted octanol–water partition coefficient (Wildman–Crippen LogP) is 3.18. The van der Waals surface area contributed by atoms with E-state index in [1.165, 1.54) is 12.3 Å². The molecule has 0 aliphatic carbocycles. The third kappa shape index (κ3) is 4.37. The summed E-state index contributed by atoms with van der Waals surface area (Å²) in [6.07, 6.45) is -0.144. The Morgan fingerprint density at radius 3 is 2.65 bits per heavy atom. The van der Waals surface area contributed by atoms with Crippen molar-refractivity contribution in [1.29, 1.82) is 0 Å². The molecule has 1 heterocycles. The van der Waals surface area contributed by atoms with Crippen LogP contribution in [0, 0.1) is 18.6 Å². The van der Waals surface area contributed by atoms with Crippen molar-refractivity contribution < 1.29 is 18.7 Å². The van der Waals surface area contributed by atoms with Gasteiger partial charge in [0, 0.05) is 6.54 Å². The first-order valence-corrected chi connectivity index (χ1v) is 7.05. The Morgan fingerprint density at radius 2 is 2.04 bits per heavy atom. The number of hydrogen-bond donors (Lipinski definition) is 3. The van der Waals surface area contributed by atoms with Crippen LogP contribution in [0.15, 0.2) is 30.5 Å². The molecule has 1 atom stereocenters. The van der Waals surface area contributed by atoms with Crippen LogP contribution in [0.3, 0.4) is 0 Å². The number of benzene rings is 1. The van der Waals surface area contributed by atoms with E-state index in [0.717, 1.165) is 12.1 Å². The molecule has 1 unspecified atom stereocenters. The van der Waals surface area contributed by atoms with Crippen LogP contribution >= 0.6 is 11.6 Å². The minimum atomic E-state index is -1.51. The van der Waals surface area contributed by atoms with E-state index in [4.69, 9.17) is 11.6 Å². The van der Waals surface area contributed by atoms with Gasteiger partial charge in [-0.1, -0.05) is 17.7 Å². The fourth-order valence-corrected chi connectivity index (χ4v) is 2.03. The van der Waals surface area contributed by atoms with Crippen LogP contribution in [-0.2, 0) is 0 Å². The highest BCUT2D eigenvalue weighted by molar-refractivity contribution is 6.30. The number of anilines is 1. The normalized spacial score (nSPS) is 11.9. The number of carbonyl (C=O) groups excluding carboxylic acids is 1. The number of aliphatic hydroxyl groups excluding tert-OH is 1. The molecule has 0 saturated heterocycles. The Bertz CT molecular complexity index is 708. The van der Waals surface area contributed by atoms with Crippen LogP contribution in [-0.4, -0.2) is 22.7 Å². The van der Waals surface area contributed by atoms with Crippen molar-refractivity contribution >= 4 is 23.3 Å². The number of aliphatic hydroxyl groups is 1. The average Bonchev–Trinajstić information content (AvgIpc) is 2.49. The molecule has 0 radical (unpaired) electrons. The molecule has 0 bridgehead atoms. The molecule has 1 aromatic carbocycles. The Morgan fingerprint density at radius 1 is 1.39 bits per heavy atom. The largest absolute Gasteiger partial charge is 0.386 e. The van der Waals surface area contributed by atoms with Gasteiger partial charge in [0.1, 0.15) is 22.9 Å². The molecular weight excluding hydrogens is 328 g/mol. The van der Waals surface area contributed by atoms with Crippen molar-refractivity contribution in [2.75, 3.05) is 11.9 Å². The number of carbonyl (C=O) groups is 1. The van der Waals surface area contributed by atoms with E-state index in [2.05, 4.69) is 15.6 Å². The smallest absolute Gasteiger partial charge is 0.319 e. The summed E-state index contributed by atoms with van der Waals surface area (Å²) in [7, 11) is 0. The van der Waals surface area contributed by atoms with E-state index in [1.807, 2.05) is 0 Å². The summed E-state index contributed by atoms with van der Waals surface area (Å²) in [4.78, 5) is 15.6. The van der Waals surface area contributed by atoms with Crippen molar-refractivity contribution in [2.45, 2.75) is 13.0 Å². The number of nitrogens with one attached hydrogen (secondary N) is 2. The van der Waals surface area contributed by atoms with E-state index in [0.29, 0.717) is 16.4 Å². The maximum atomic E-state index is 13.5. The number of hydrogen-bond acceptors (Lipinski definition) is 3. The van der Waals surface area contributed by atoms with Crippen LogP contribution in [0.25, 0.3) is 0 Å². The maximum absolute atomic E-state index is 13.5. The molecule has 2 aromatic rings. The maximum Gasteiger partial charge on any atom is 0.319 e. The molecule has 0 aliphatic rings. The van der Waals surface area contributed by atoms with Gasteiger partial charge in [-0.25, -0.2) is 18.6 Å². The van der Waals surface area contributed by atoms with Crippen LogP contribution in [0.5, 0.6) is 0 Å². The van der Waals surface area contributed by atoms with E-state index < -0.39 is 29.3 Å². The first kappa shape index (κ1) is 17.1. The van der Waals surface area contributed by atoms with Crippen LogP contribution < -0.4 is 10.6 Å². The molecule has 2 amide bonds. The molecule has 0 spiro atoms. The fraction of sp³-hybridized carbons (Fsp3) is 0.200. The summed E-state index contributed by atoms with van der Waals surface area (Å²) >= 11 is 5.77. The fourth-order valence-electron chi connectivity index (χ4n) is 1.92. The third-order valence-electron chi connectivity index (χ3n) is 3.06. The molecule has 5 nitrogen and oxygen atoms in total. The standard InChI is InChI=1S/C15H14ClF2N3O2/c1-8-5-9(6-19-14(8)16)21-15(23)20-7-12(22)13-10(17)3-2-4-11(13)18/h2-6,12,22H,7H2,1H3,(H2,20,21,23). The number of urea groups is 1. The van der Waals surface area contributed by atoms with Gasteiger partial charge in [-0.15, -0.1) is 0 Å². The van der Waals surface area contributed by atoms with Crippen LogP contribution in [0.1, 0.15) is 17.2 Å². The number of amides is 2. The van der Waals surface area contributed by atoms with Crippen molar-refractivity contribution in [2.24, 2.45) is 0 Å². The van der Waals surface area contributed by atoms with E-state index in [1.54, 1.807) is 13.0 Å². The average molecular weight is 342 g/mol. The van der Waals surface area contributed by atoms with Gasteiger partial charge in [-0.2, -0.15) is 0 Å². The van der Waals surface area contributed by atoms with Crippen molar-refractivity contribution in [3.8, 4) is 0 Å². The Balaban J connectivity index is 1.95. The zero-order valence-corrected chi connectivity index (χ0v) is 12.9. The number of halogens is 3. The van der Waals surface area contributed by atoms with Gasteiger partial charge in [0.2, 0.25) is 0 Å². The molecule has 3 N–H and O–H groups in total. The number of aryl methyl sites for hydroxylation is 1. The van der Waals surface area contributed by atoms with Gasteiger partial charge in [0.05, 0.1) is 17.4 Å². The van der Waals surface area contributed by atoms with E-state index in [9.17, 15) is 18.7 Å². The van der Waals surface area contributed by atoms with Gasteiger partial charge in [0.15, 0.2) is 0 Å². The molecule has 0 saturated carbocycles. The minimum Gasteiger partial charge on any atom is -0.386 e. The number of nitrogens with zero attached hydrogens (tertiary/aromatic N) is 1. The van der Waals surface area contributed by atoms with Gasteiger partial charge >= 0.3 is 6.03 Å². The minimum absolute atomic E-state index is 0.321. The lowest BCUT2D eigenvalue weighted by Crippen LogP contribution is -2.33. The molecule has 2 rings (SSSR count). The number of rotatable bonds is 4. The highest BCUT2D eigenvalue weighted by atomic mass is 35.5. The lowest BCUT2D eigenvalue weighted by molar-refractivity contribution is 0.166. The summed E-state index contributed by atoms with van der Waals surface area (Å²) in [5.74, 6) is -1.76. The Hall–Kier alpha value is -2.25. The number of pyridine rings is 1. The highest BCUT2D eigenvalue weighted by Gasteiger charge is 2.18. The van der Waals surface area contributed by atoms with Crippen LogP contribution in [0.2, 0.25) is 5.15 Å². The Kier molecular flexibility index (Phi) is 5.46. The molecule has 1 aromatic heterocycles. The highest BCUT2D eigenvalue weighted by Crippen LogP contribution is 2.20. The molecule has 0 aliphatic heterocycles.